The quantitative estimate of drug-likeness (QED) is 0.891. The van der Waals surface area contributed by atoms with Gasteiger partial charge in [0.05, 0.1) is 18.0 Å². The number of oxazole rings is 1. The van der Waals surface area contributed by atoms with E-state index in [-0.39, 0.29) is 11.8 Å². The van der Waals surface area contributed by atoms with Crippen LogP contribution >= 0.6 is 0 Å². The molecule has 0 radical (unpaired) electrons. The summed E-state index contributed by atoms with van der Waals surface area (Å²) in [4.78, 5) is 4.12. The second-order valence-corrected chi connectivity index (χ2v) is 6.77. The molecule has 6 heteroatoms. The Morgan fingerprint density at radius 3 is 2.94 bits per heavy atom. The van der Waals surface area contributed by atoms with Crippen molar-refractivity contribution in [2.24, 2.45) is 0 Å². The van der Waals surface area contributed by atoms with Crippen LogP contribution in [0.5, 0.6) is 0 Å². The maximum absolute atomic E-state index is 11.9. The van der Waals surface area contributed by atoms with Crippen LogP contribution in [0.25, 0.3) is 0 Å². The number of nitrogens with zero attached hydrogens (tertiary/aromatic N) is 1. The zero-order chi connectivity index (χ0) is 12.5. The number of aromatic nitrogens is 1. The molecule has 1 aliphatic heterocycles. The molecule has 5 nitrogen and oxygen atoms in total. The average molecular weight is 258 g/mol. The molecule has 1 N–H and O–H groups in total. The van der Waals surface area contributed by atoms with Gasteiger partial charge in [0, 0.05) is 0 Å². The highest BCUT2D eigenvalue weighted by atomic mass is 32.2. The number of hydrogen-bond donors (Lipinski definition) is 1. The molecule has 2 rings (SSSR count). The van der Waals surface area contributed by atoms with Gasteiger partial charge in [0.1, 0.15) is 11.0 Å². The predicted octanol–water partition coefficient (Wildman–Crippen LogP) is 1.59. The minimum Gasteiger partial charge on any atom is -0.443 e. The van der Waals surface area contributed by atoms with Gasteiger partial charge >= 0.3 is 0 Å². The van der Waals surface area contributed by atoms with Gasteiger partial charge in [0.2, 0.25) is 5.89 Å². The second kappa shape index (κ2) is 4.78. The highest BCUT2D eigenvalue weighted by Gasteiger charge is 2.34. The lowest BCUT2D eigenvalue weighted by molar-refractivity contribution is 0.397. The van der Waals surface area contributed by atoms with Gasteiger partial charge in [-0.15, -0.1) is 0 Å². The van der Waals surface area contributed by atoms with Crippen LogP contribution in [0, 0.1) is 0 Å². The highest BCUT2D eigenvalue weighted by molar-refractivity contribution is 7.91. The molecular weight excluding hydrogens is 240 g/mol. The largest absolute Gasteiger partial charge is 0.443 e. The van der Waals surface area contributed by atoms with Crippen LogP contribution in [0.4, 0.5) is 0 Å². The fourth-order valence-electron chi connectivity index (χ4n) is 2.02. The van der Waals surface area contributed by atoms with E-state index in [0.717, 1.165) is 12.8 Å². The van der Waals surface area contributed by atoms with Gasteiger partial charge in [0.15, 0.2) is 9.84 Å². The van der Waals surface area contributed by atoms with E-state index in [2.05, 4.69) is 10.3 Å². The van der Waals surface area contributed by atoms with Gasteiger partial charge in [-0.3, -0.25) is 0 Å². The lowest BCUT2D eigenvalue weighted by Crippen LogP contribution is -2.21. The van der Waals surface area contributed by atoms with Crippen molar-refractivity contribution in [3.05, 3.63) is 17.8 Å². The van der Waals surface area contributed by atoms with Crippen molar-refractivity contribution >= 4 is 9.84 Å². The third kappa shape index (κ3) is 2.52. The third-order valence-electron chi connectivity index (χ3n) is 3.26. The molecule has 0 bridgehead atoms. The molecule has 0 spiro atoms. The first-order valence-corrected chi connectivity index (χ1v) is 7.60. The van der Waals surface area contributed by atoms with Crippen LogP contribution in [0.2, 0.25) is 0 Å². The van der Waals surface area contributed by atoms with Crippen molar-refractivity contribution in [3.63, 3.8) is 0 Å². The van der Waals surface area contributed by atoms with Crippen molar-refractivity contribution in [2.75, 3.05) is 12.8 Å². The van der Waals surface area contributed by atoms with Gasteiger partial charge in [-0.2, -0.15) is 0 Å². The number of hydrogen-bond acceptors (Lipinski definition) is 5. The molecule has 1 aromatic heterocycles. The minimum absolute atomic E-state index is 0.0440. The Kier molecular flexibility index (Phi) is 3.53. The van der Waals surface area contributed by atoms with E-state index >= 15 is 0 Å². The summed E-state index contributed by atoms with van der Waals surface area (Å²) < 4.78 is 29.4. The molecule has 1 aliphatic rings. The summed E-state index contributed by atoms with van der Waals surface area (Å²) in [5.41, 5.74) is 0. The van der Waals surface area contributed by atoms with E-state index < -0.39 is 15.1 Å². The second-order valence-electron chi connectivity index (χ2n) is 4.46. The average Bonchev–Trinajstić information content (AvgIpc) is 2.76. The molecule has 1 saturated heterocycles. The summed E-state index contributed by atoms with van der Waals surface area (Å²) in [7, 11) is -1.25. The maximum atomic E-state index is 11.9. The zero-order valence-corrected chi connectivity index (χ0v) is 11.0. The Hall–Kier alpha value is -0.880. The number of sulfone groups is 1. The van der Waals surface area contributed by atoms with Crippen molar-refractivity contribution in [1.82, 2.24) is 10.3 Å². The van der Waals surface area contributed by atoms with Crippen LogP contribution in [0.15, 0.2) is 10.6 Å². The molecule has 0 aromatic carbocycles. The van der Waals surface area contributed by atoms with Gasteiger partial charge in [-0.1, -0.05) is 6.42 Å². The lowest BCUT2D eigenvalue weighted by Gasteiger charge is -2.19. The minimum atomic E-state index is -3.07. The summed E-state index contributed by atoms with van der Waals surface area (Å²) >= 11 is 0. The first-order chi connectivity index (χ1) is 8.04. The van der Waals surface area contributed by atoms with E-state index in [1.54, 1.807) is 6.20 Å². The Labute approximate surface area is 102 Å². The lowest BCUT2D eigenvalue weighted by atomic mass is 10.2. The van der Waals surface area contributed by atoms with Gasteiger partial charge in [-0.05, 0) is 26.8 Å². The fourth-order valence-corrected chi connectivity index (χ4v) is 3.86. The van der Waals surface area contributed by atoms with Crippen LogP contribution in [-0.2, 0) is 9.84 Å². The normalized spacial score (nSPS) is 25.6. The third-order valence-corrected chi connectivity index (χ3v) is 5.42. The molecule has 1 fully saturated rings. The summed E-state index contributed by atoms with van der Waals surface area (Å²) in [6.45, 7) is 1.94. The van der Waals surface area contributed by atoms with Gasteiger partial charge in [0.25, 0.3) is 0 Å². The van der Waals surface area contributed by atoms with Crippen LogP contribution < -0.4 is 5.32 Å². The molecule has 2 unspecified atom stereocenters. The monoisotopic (exact) mass is 258 g/mol. The first kappa shape index (κ1) is 12.6. The van der Waals surface area contributed by atoms with Crippen LogP contribution in [-0.4, -0.2) is 26.2 Å². The summed E-state index contributed by atoms with van der Waals surface area (Å²) in [6.07, 6.45) is 3.90. The summed E-state index contributed by atoms with van der Waals surface area (Å²) in [5, 5.41) is 2.49. The van der Waals surface area contributed by atoms with Crippen LogP contribution in [0.3, 0.4) is 0 Å². The maximum Gasteiger partial charge on any atom is 0.212 e. The van der Waals surface area contributed by atoms with Gasteiger partial charge in [-0.25, -0.2) is 13.4 Å². The Balaban J connectivity index is 2.25. The SMILES string of the molecule is CNC(C)c1cnc(C2CCCCS2(=O)=O)o1. The summed E-state index contributed by atoms with van der Waals surface area (Å²) in [5.74, 6) is 1.28. The Bertz CT molecular complexity index is 481. The van der Waals surface area contributed by atoms with E-state index in [1.165, 1.54) is 0 Å². The molecule has 1 aromatic rings. The molecule has 2 heterocycles. The van der Waals surface area contributed by atoms with Crippen molar-refractivity contribution in [1.29, 1.82) is 0 Å². The van der Waals surface area contributed by atoms with Crippen molar-refractivity contribution in [2.45, 2.75) is 37.5 Å². The molecule has 2 atom stereocenters. The number of rotatable bonds is 3. The molecule has 17 heavy (non-hydrogen) atoms. The van der Waals surface area contributed by atoms with Crippen molar-refractivity contribution < 1.29 is 12.8 Å². The molecule has 0 saturated carbocycles. The highest BCUT2D eigenvalue weighted by Crippen LogP contribution is 2.33. The fraction of sp³-hybridized carbons (Fsp3) is 0.727. The first-order valence-electron chi connectivity index (χ1n) is 5.89. The zero-order valence-electron chi connectivity index (χ0n) is 10.1. The molecule has 0 aliphatic carbocycles. The van der Waals surface area contributed by atoms with E-state index in [1.807, 2.05) is 14.0 Å². The molecular formula is C11H18N2O3S. The van der Waals surface area contributed by atoms with E-state index in [9.17, 15) is 8.42 Å². The standard InChI is InChI=1S/C11H18N2O3S/c1-8(12-2)9-7-13-11(16-9)10-5-3-4-6-17(10,14)15/h7-8,10,12H,3-6H2,1-2H3. The molecule has 96 valence electrons. The number of nitrogens with one attached hydrogen (secondary N) is 1. The topological polar surface area (TPSA) is 72.2 Å². The van der Waals surface area contributed by atoms with Crippen molar-refractivity contribution in [3.8, 4) is 0 Å². The molecule has 0 amide bonds. The smallest absolute Gasteiger partial charge is 0.212 e. The Morgan fingerprint density at radius 2 is 2.29 bits per heavy atom. The predicted molar refractivity (Wildman–Crippen MR) is 64.4 cm³/mol. The van der Waals surface area contributed by atoms with Crippen LogP contribution in [0.1, 0.15) is 49.1 Å². The summed E-state index contributed by atoms with van der Waals surface area (Å²) in [6, 6.07) is 0.0440. The Morgan fingerprint density at radius 1 is 1.53 bits per heavy atom. The van der Waals surface area contributed by atoms with Gasteiger partial charge < -0.3 is 9.73 Å². The van der Waals surface area contributed by atoms with E-state index in [0.29, 0.717) is 18.1 Å². The van der Waals surface area contributed by atoms with E-state index in [4.69, 9.17) is 4.42 Å².